The van der Waals surface area contributed by atoms with Crippen LogP contribution in [0.1, 0.15) is 0 Å². The van der Waals surface area contributed by atoms with Gasteiger partial charge >= 0.3 is 12.2 Å². The Morgan fingerprint density at radius 1 is 0.885 bits per heavy atom. The number of hydrogen-bond donors (Lipinski definition) is 2. The number of anilines is 2. The summed E-state index contributed by atoms with van der Waals surface area (Å²) in [5.41, 5.74) is 0.743. The van der Waals surface area contributed by atoms with Crippen LogP contribution < -0.4 is 15.4 Å². The van der Waals surface area contributed by atoms with E-state index >= 15 is 0 Å². The number of benzene rings is 1. The van der Waals surface area contributed by atoms with Crippen LogP contribution in [0.25, 0.3) is 0 Å². The van der Waals surface area contributed by atoms with Crippen molar-refractivity contribution in [2.75, 3.05) is 32.0 Å². The summed E-state index contributed by atoms with van der Waals surface area (Å²) in [6, 6.07) is 10.0. The van der Waals surface area contributed by atoms with Crippen LogP contribution in [-0.4, -0.2) is 38.5 Å². The molecule has 0 unspecified atom stereocenters. The number of methoxy groups -OCH3 is 3. The third-order valence-corrected chi connectivity index (χ3v) is 3.05. The fourth-order valence-electron chi connectivity index (χ4n) is 1.82. The zero-order chi connectivity index (χ0) is 18.9. The Balaban J connectivity index is 2.34. The van der Waals surface area contributed by atoms with E-state index in [1.165, 1.54) is 33.5 Å². The van der Waals surface area contributed by atoms with Crippen molar-refractivity contribution in [1.82, 2.24) is 4.98 Å². The zero-order valence-electron chi connectivity index (χ0n) is 14.3. The summed E-state index contributed by atoms with van der Waals surface area (Å²) >= 11 is 0. The topological polar surface area (TPSA) is 124 Å². The average Bonchev–Trinajstić information content (AvgIpc) is 2.67. The second kappa shape index (κ2) is 8.97. The summed E-state index contributed by atoms with van der Waals surface area (Å²) in [7, 11) is 3.95. The van der Waals surface area contributed by atoms with Crippen molar-refractivity contribution in [2.24, 2.45) is 10.2 Å². The molecule has 0 saturated carbocycles. The molecule has 2 rings (SSSR count). The number of carbonyl (C=O) groups is 2. The van der Waals surface area contributed by atoms with Gasteiger partial charge in [-0.2, -0.15) is 0 Å². The quantitative estimate of drug-likeness (QED) is 0.781. The Morgan fingerprint density at radius 2 is 1.54 bits per heavy atom. The van der Waals surface area contributed by atoms with E-state index in [9.17, 15) is 9.59 Å². The van der Waals surface area contributed by atoms with E-state index in [0.717, 1.165) is 0 Å². The van der Waals surface area contributed by atoms with Crippen molar-refractivity contribution in [2.45, 2.75) is 0 Å². The van der Waals surface area contributed by atoms with Gasteiger partial charge in [0.05, 0.1) is 21.3 Å². The Bertz CT molecular complexity index is 824. The van der Waals surface area contributed by atoms with E-state index in [-0.39, 0.29) is 17.3 Å². The lowest BCUT2D eigenvalue weighted by molar-refractivity contribution is 0.186. The summed E-state index contributed by atoms with van der Waals surface area (Å²) in [6.07, 6.45) is -1.45. The molecule has 0 bridgehead atoms. The van der Waals surface area contributed by atoms with Crippen LogP contribution in [-0.2, 0) is 9.47 Å². The molecule has 0 saturated heterocycles. The monoisotopic (exact) mass is 359 g/mol. The number of pyridine rings is 1. The third kappa shape index (κ3) is 4.90. The number of azo groups is 1. The second-order valence-electron chi connectivity index (χ2n) is 4.67. The van der Waals surface area contributed by atoms with Crippen molar-refractivity contribution in [3.8, 4) is 5.75 Å². The van der Waals surface area contributed by atoms with Crippen LogP contribution in [0.4, 0.5) is 32.6 Å². The summed E-state index contributed by atoms with van der Waals surface area (Å²) < 4.78 is 14.3. The van der Waals surface area contributed by atoms with E-state index in [0.29, 0.717) is 11.4 Å². The maximum absolute atomic E-state index is 11.5. The van der Waals surface area contributed by atoms with Crippen LogP contribution in [0.15, 0.2) is 46.6 Å². The van der Waals surface area contributed by atoms with Gasteiger partial charge in [0.25, 0.3) is 0 Å². The number of hydrogen-bond acceptors (Lipinski definition) is 8. The molecular formula is C16H17N5O5. The van der Waals surface area contributed by atoms with Crippen molar-refractivity contribution in [1.29, 1.82) is 0 Å². The first-order valence-corrected chi connectivity index (χ1v) is 7.33. The van der Waals surface area contributed by atoms with Gasteiger partial charge in [-0.3, -0.25) is 10.6 Å². The summed E-state index contributed by atoms with van der Waals surface area (Å²) in [4.78, 5) is 26.9. The lowest BCUT2D eigenvalue weighted by Gasteiger charge is -2.09. The van der Waals surface area contributed by atoms with Gasteiger partial charge in [-0.25, -0.2) is 14.6 Å². The van der Waals surface area contributed by atoms with Gasteiger partial charge in [0, 0.05) is 0 Å². The van der Waals surface area contributed by atoms with E-state index in [4.69, 9.17) is 4.74 Å². The Kier molecular flexibility index (Phi) is 6.43. The van der Waals surface area contributed by atoms with E-state index < -0.39 is 12.2 Å². The molecule has 0 atom stereocenters. The smallest absolute Gasteiger partial charge is 0.412 e. The van der Waals surface area contributed by atoms with Gasteiger partial charge < -0.3 is 14.2 Å². The van der Waals surface area contributed by atoms with Crippen molar-refractivity contribution < 1.29 is 23.8 Å². The maximum Gasteiger partial charge on any atom is 0.412 e. The predicted octanol–water partition coefficient (Wildman–Crippen LogP) is 3.86. The number of rotatable bonds is 5. The van der Waals surface area contributed by atoms with E-state index in [1.807, 2.05) is 0 Å². The molecule has 0 radical (unpaired) electrons. The molecule has 10 heteroatoms. The zero-order valence-corrected chi connectivity index (χ0v) is 14.3. The third-order valence-electron chi connectivity index (χ3n) is 3.05. The largest absolute Gasteiger partial charge is 0.494 e. The van der Waals surface area contributed by atoms with Gasteiger partial charge in [0.15, 0.2) is 5.82 Å². The van der Waals surface area contributed by atoms with Crippen molar-refractivity contribution in [3.05, 3.63) is 36.4 Å². The highest BCUT2D eigenvalue weighted by Gasteiger charge is 2.12. The molecule has 1 aromatic carbocycles. The number of nitrogens with one attached hydrogen (secondary N) is 2. The molecule has 0 aliphatic carbocycles. The fourth-order valence-corrected chi connectivity index (χ4v) is 1.82. The van der Waals surface area contributed by atoms with Crippen LogP contribution in [0, 0.1) is 0 Å². The second-order valence-corrected chi connectivity index (χ2v) is 4.67. The first kappa shape index (κ1) is 18.6. The lowest BCUT2D eigenvalue weighted by Crippen LogP contribution is -2.15. The number of carbonyl (C=O) groups excluding carboxylic acids is 2. The van der Waals surface area contributed by atoms with E-state index in [1.54, 1.807) is 24.3 Å². The van der Waals surface area contributed by atoms with Gasteiger partial charge in [-0.1, -0.05) is 12.1 Å². The Hall–Kier alpha value is -3.69. The summed E-state index contributed by atoms with van der Waals surface area (Å²) in [6.45, 7) is 0. The SMILES string of the molecule is COC(=O)Nc1ccc(N=Nc2ccccc2OC)c(NC(=O)OC)n1. The lowest BCUT2D eigenvalue weighted by atomic mass is 10.3. The molecule has 136 valence electrons. The van der Waals surface area contributed by atoms with Gasteiger partial charge in [-0.05, 0) is 24.3 Å². The van der Waals surface area contributed by atoms with Gasteiger partial charge in [0.1, 0.15) is 22.9 Å². The minimum atomic E-state index is -0.749. The Labute approximate surface area is 149 Å². The minimum absolute atomic E-state index is 0.0457. The van der Waals surface area contributed by atoms with E-state index in [2.05, 4.69) is 35.3 Å². The molecule has 2 N–H and O–H groups in total. The fraction of sp³-hybridized carbons (Fsp3) is 0.188. The highest BCUT2D eigenvalue weighted by Crippen LogP contribution is 2.31. The van der Waals surface area contributed by atoms with Crippen molar-refractivity contribution >= 4 is 35.2 Å². The molecule has 2 amide bonds. The minimum Gasteiger partial charge on any atom is -0.494 e. The van der Waals surface area contributed by atoms with Crippen LogP contribution in [0.2, 0.25) is 0 Å². The average molecular weight is 359 g/mol. The standard InChI is InChI=1S/C16H17N5O5/c1-24-12-7-5-4-6-10(12)20-21-11-8-9-13(18-15(22)25-2)17-14(11)19-16(23)26-3/h4-9H,1-3H3,(H2,17,18,19,22,23). The van der Waals surface area contributed by atoms with Gasteiger partial charge in [0.2, 0.25) is 0 Å². The number of nitrogens with zero attached hydrogens (tertiary/aromatic N) is 3. The number of aromatic nitrogens is 1. The molecule has 1 aromatic heterocycles. The number of ether oxygens (including phenoxy) is 3. The molecule has 0 spiro atoms. The van der Waals surface area contributed by atoms with Crippen LogP contribution in [0.5, 0.6) is 5.75 Å². The summed E-state index contributed by atoms with van der Waals surface area (Å²) in [5, 5.41) is 13.0. The normalized spacial score (nSPS) is 10.3. The molecule has 0 aliphatic rings. The molecule has 0 fully saturated rings. The van der Waals surface area contributed by atoms with Gasteiger partial charge in [-0.15, -0.1) is 10.2 Å². The number of para-hydroxylation sites is 1. The highest BCUT2D eigenvalue weighted by molar-refractivity contribution is 5.89. The van der Waals surface area contributed by atoms with Crippen LogP contribution >= 0.6 is 0 Å². The summed E-state index contributed by atoms with van der Waals surface area (Å²) in [5.74, 6) is 0.736. The number of amides is 2. The van der Waals surface area contributed by atoms with Crippen LogP contribution in [0.3, 0.4) is 0 Å². The first-order chi connectivity index (χ1) is 12.6. The maximum atomic E-state index is 11.5. The van der Waals surface area contributed by atoms with Crippen molar-refractivity contribution in [3.63, 3.8) is 0 Å². The molecule has 1 heterocycles. The molecule has 2 aromatic rings. The Morgan fingerprint density at radius 3 is 2.23 bits per heavy atom. The highest BCUT2D eigenvalue weighted by atomic mass is 16.5. The molecule has 26 heavy (non-hydrogen) atoms. The predicted molar refractivity (Wildman–Crippen MR) is 93.5 cm³/mol. The molecular weight excluding hydrogens is 342 g/mol. The molecule has 0 aliphatic heterocycles. The molecule has 10 nitrogen and oxygen atoms in total. The first-order valence-electron chi connectivity index (χ1n) is 7.33.